The Hall–Kier alpha value is -1.48. The predicted molar refractivity (Wildman–Crippen MR) is 76.8 cm³/mol. The lowest BCUT2D eigenvalue weighted by molar-refractivity contribution is -0.115. The number of carbonyl (C=O) groups is 1. The van der Waals surface area contributed by atoms with E-state index >= 15 is 0 Å². The molecule has 1 aromatic heterocycles. The van der Waals surface area contributed by atoms with Gasteiger partial charge in [-0.2, -0.15) is 0 Å². The number of tetrazole rings is 1. The van der Waals surface area contributed by atoms with Crippen molar-refractivity contribution in [2.75, 3.05) is 5.32 Å². The number of aryl methyl sites for hydroxylation is 1. The van der Waals surface area contributed by atoms with Gasteiger partial charge in [0.15, 0.2) is 0 Å². The second-order valence-corrected chi connectivity index (χ2v) is 6.18. The lowest BCUT2D eigenvalue weighted by Gasteiger charge is -2.11. The molecule has 0 aliphatic carbocycles. The molecule has 2 rings (SSSR count). The van der Waals surface area contributed by atoms with Crippen LogP contribution in [0.4, 0.5) is 10.1 Å². The van der Waals surface area contributed by atoms with Gasteiger partial charge in [-0.05, 0) is 35.5 Å². The fourth-order valence-corrected chi connectivity index (χ4v) is 2.45. The molecule has 0 aliphatic heterocycles. The Morgan fingerprint density at radius 1 is 1.55 bits per heavy atom. The smallest absolute Gasteiger partial charge is 0.237 e. The van der Waals surface area contributed by atoms with Gasteiger partial charge < -0.3 is 5.32 Å². The van der Waals surface area contributed by atoms with Crippen LogP contribution in [0.25, 0.3) is 0 Å². The van der Waals surface area contributed by atoms with E-state index in [0.717, 1.165) is 0 Å². The van der Waals surface area contributed by atoms with Crippen molar-refractivity contribution in [3.8, 4) is 0 Å². The van der Waals surface area contributed by atoms with Crippen LogP contribution < -0.4 is 5.32 Å². The summed E-state index contributed by atoms with van der Waals surface area (Å²) in [4.78, 5) is 12.0. The minimum atomic E-state index is -0.495. The zero-order chi connectivity index (χ0) is 14.7. The van der Waals surface area contributed by atoms with Crippen LogP contribution in [0, 0.1) is 5.82 Å². The number of carbonyl (C=O) groups excluding carboxylic acids is 1. The number of benzene rings is 1. The minimum Gasteiger partial charge on any atom is -0.323 e. The van der Waals surface area contributed by atoms with Crippen molar-refractivity contribution in [3.63, 3.8) is 0 Å². The number of hydrogen-bond acceptors (Lipinski definition) is 5. The van der Waals surface area contributed by atoms with Gasteiger partial charge in [0.05, 0.1) is 10.9 Å². The highest BCUT2D eigenvalue weighted by molar-refractivity contribution is 9.10. The Labute approximate surface area is 127 Å². The predicted octanol–water partition coefficient (Wildman–Crippen LogP) is 2.23. The van der Waals surface area contributed by atoms with Crippen LogP contribution >= 0.6 is 27.7 Å². The first-order valence-electron chi connectivity index (χ1n) is 5.62. The molecule has 20 heavy (non-hydrogen) atoms. The van der Waals surface area contributed by atoms with E-state index in [0.29, 0.717) is 9.63 Å². The molecule has 1 N–H and O–H groups in total. The molecule has 1 heterocycles. The number of nitrogens with zero attached hydrogens (tertiary/aromatic N) is 4. The van der Waals surface area contributed by atoms with Gasteiger partial charge in [-0.25, -0.2) is 9.07 Å². The molecular formula is C11H11BrFN5OS. The zero-order valence-corrected chi connectivity index (χ0v) is 13.1. The van der Waals surface area contributed by atoms with Crippen LogP contribution in [0.3, 0.4) is 0 Å². The molecule has 0 unspecified atom stereocenters. The van der Waals surface area contributed by atoms with Gasteiger partial charge in [0.2, 0.25) is 11.1 Å². The molecular weight excluding hydrogens is 349 g/mol. The van der Waals surface area contributed by atoms with E-state index in [1.807, 2.05) is 0 Å². The Morgan fingerprint density at radius 2 is 2.30 bits per heavy atom. The molecule has 9 heteroatoms. The van der Waals surface area contributed by atoms with E-state index in [9.17, 15) is 9.18 Å². The number of hydrogen-bond donors (Lipinski definition) is 1. The van der Waals surface area contributed by atoms with E-state index in [1.54, 1.807) is 20.0 Å². The van der Waals surface area contributed by atoms with E-state index in [4.69, 9.17) is 0 Å². The van der Waals surface area contributed by atoms with Crippen LogP contribution in [0.2, 0.25) is 0 Å². The highest BCUT2D eigenvalue weighted by Gasteiger charge is 2.18. The molecule has 1 aromatic carbocycles. The lowest BCUT2D eigenvalue weighted by Crippen LogP contribution is -2.23. The van der Waals surface area contributed by atoms with Crippen molar-refractivity contribution in [1.29, 1.82) is 0 Å². The third-order valence-corrected chi connectivity index (χ3v) is 4.04. The van der Waals surface area contributed by atoms with Crippen molar-refractivity contribution >= 4 is 39.3 Å². The van der Waals surface area contributed by atoms with Crippen LogP contribution in [-0.4, -0.2) is 31.4 Å². The molecule has 1 atom stereocenters. The molecule has 0 radical (unpaired) electrons. The summed E-state index contributed by atoms with van der Waals surface area (Å²) >= 11 is 4.35. The van der Waals surface area contributed by atoms with Crippen LogP contribution in [0.5, 0.6) is 0 Å². The minimum absolute atomic E-state index is 0.141. The average Bonchev–Trinajstić information content (AvgIpc) is 2.78. The van der Waals surface area contributed by atoms with Crippen molar-refractivity contribution in [2.45, 2.75) is 17.3 Å². The fourth-order valence-electron chi connectivity index (χ4n) is 1.36. The SMILES string of the molecule is C[C@@H](Sc1nnnn1C)C(=O)Nc1ccc(Br)cc1F. The number of nitrogens with one attached hydrogen (secondary N) is 1. The topological polar surface area (TPSA) is 72.7 Å². The quantitative estimate of drug-likeness (QED) is 0.847. The van der Waals surface area contributed by atoms with Crippen molar-refractivity contribution in [3.05, 3.63) is 28.5 Å². The Bertz CT molecular complexity index is 635. The van der Waals surface area contributed by atoms with Crippen LogP contribution in [-0.2, 0) is 11.8 Å². The molecule has 0 bridgehead atoms. The van der Waals surface area contributed by atoms with E-state index < -0.39 is 11.1 Å². The van der Waals surface area contributed by atoms with Crippen molar-refractivity contribution in [2.24, 2.45) is 7.05 Å². The molecule has 0 saturated heterocycles. The van der Waals surface area contributed by atoms with Gasteiger partial charge >= 0.3 is 0 Å². The van der Waals surface area contributed by atoms with Gasteiger partial charge in [0, 0.05) is 11.5 Å². The van der Waals surface area contributed by atoms with Crippen LogP contribution in [0.1, 0.15) is 6.92 Å². The highest BCUT2D eigenvalue weighted by Crippen LogP contribution is 2.23. The largest absolute Gasteiger partial charge is 0.323 e. The van der Waals surface area contributed by atoms with E-state index in [1.165, 1.54) is 28.6 Å². The number of thioether (sulfide) groups is 1. The average molecular weight is 360 g/mol. The van der Waals surface area contributed by atoms with Gasteiger partial charge in [0.1, 0.15) is 5.82 Å². The van der Waals surface area contributed by atoms with E-state index in [2.05, 4.69) is 36.8 Å². The maximum Gasteiger partial charge on any atom is 0.237 e. The van der Waals surface area contributed by atoms with Gasteiger partial charge in [0.25, 0.3) is 0 Å². The summed E-state index contributed by atoms with van der Waals surface area (Å²) in [6.07, 6.45) is 0. The lowest BCUT2D eigenvalue weighted by atomic mass is 10.3. The third-order valence-electron chi connectivity index (χ3n) is 2.42. The second-order valence-electron chi connectivity index (χ2n) is 3.96. The maximum absolute atomic E-state index is 13.6. The van der Waals surface area contributed by atoms with Gasteiger partial charge in [-0.15, -0.1) is 5.10 Å². The number of halogens is 2. The summed E-state index contributed by atoms with van der Waals surface area (Å²) in [5, 5.41) is 13.5. The van der Waals surface area contributed by atoms with Crippen molar-refractivity contribution < 1.29 is 9.18 Å². The summed E-state index contributed by atoms with van der Waals surface area (Å²) in [5.41, 5.74) is 0.141. The molecule has 0 aliphatic rings. The Balaban J connectivity index is 2.02. The molecule has 1 amide bonds. The van der Waals surface area contributed by atoms with Crippen molar-refractivity contribution in [1.82, 2.24) is 20.2 Å². The Kier molecular flexibility index (Phi) is 4.71. The monoisotopic (exact) mass is 359 g/mol. The number of amides is 1. The summed E-state index contributed by atoms with van der Waals surface area (Å²) in [6.45, 7) is 1.70. The highest BCUT2D eigenvalue weighted by atomic mass is 79.9. The third kappa shape index (κ3) is 3.54. The van der Waals surface area contributed by atoms with Gasteiger partial charge in [-0.3, -0.25) is 4.79 Å². The number of anilines is 1. The molecule has 2 aromatic rings. The number of rotatable bonds is 4. The first kappa shape index (κ1) is 14.9. The first-order chi connectivity index (χ1) is 9.47. The maximum atomic E-state index is 13.6. The van der Waals surface area contributed by atoms with Gasteiger partial charge in [-0.1, -0.05) is 27.7 Å². The Morgan fingerprint density at radius 3 is 2.90 bits per heavy atom. The molecule has 6 nitrogen and oxygen atoms in total. The summed E-state index contributed by atoms with van der Waals surface area (Å²) in [5.74, 6) is -0.815. The molecule has 0 spiro atoms. The molecule has 106 valence electrons. The second kappa shape index (κ2) is 6.31. The van der Waals surface area contributed by atoms with Crippen LogP contribution in [0.15, 0.2) is 27.8 Å². The molecule has 0 saturated carbocycles. The number of aromatic nitrogens is 4. The normalized spacial score (nSPS) is 12.2. The molecule has 0 fully saturated rings. The standard InChI is InChI=1S/C11H11BrFN5OS/c1-6(20-11-15-16-17-18(11)2)10(19)14-9-4-3-7(12)5-8(9)13/h3-6H,1-2H3,(H,14,19)/t6-/m1/s1. The summed E-state index contributed by atoms with van der Waals surface area (Å²) in [7, 11) is 1.68. The first-order valence-corrected chi connectivity index (χ1v) is 7.29. The summed E-state index contributed by atoms with van der Waals surface area (Å²) < 4.78 is 15.7. The van der Waals surface area contributed by atoms with E-state index in [-0.39, 0.29) is 11.6 Å². The summed E-state index contributed by atoms with van der Waals surface area (Å²) in [6, 6.07) is 4.45. The zero-order valence-electron chi connectivity index (χ0n) is 10.7. The fraction of sp³-hybridized carbons (Fsp3) is 0.273.